The molecule has 3 aromatic heterocycles. The van der Waals surface area contributed by atoms with Crippen molar-refractivity contribution in [3.05, 3.63) is 57.6 Å². The molecular formula is C20H22N4O2S. The molecule has 27 heavy (non-hydrogen) atoms. The predicted octanol–water partition coefficient (Wildman–Crippen LogP) is 4.57. The molecule has 0 radical (unpaired) electrons. The summed E-state index contributed by atoms with van der Waals surface area (Å²) in [5.41, 5.74) is 2.88. The summed E-state index contributed by atoms with van der Waals surface area (Å²) in [4.78, 5) is 32.5. The fourth-order valence-electron chi connectivity index (χ4n) is 3.26. The van der Waals surface area contributed by atoms with Crippen LogP contribution in [0.5, 0.6) is 0 Å². The first-order valence-electron chi connectivity index (χ1n) is 8.66. The van der Waals surface area contributed by atoms with Crippen molar-refractivity contribution in [2.24, 2.45) is 0 Å². The topological polar surface area (TPSA) is 90.6 Å². The summed E-state index contributed by atoms with van der Waals surface area (Å²) in [5, 5.41) is 4.49. The van der Waals surface area contributed by atoms with Crippen LogP contribution in [0.25, 0.3) is 21.1 Å². The smallest absolute Gasteiger partial charge is 0.261 e. The van der Waals surface area contributed by atoms with Crippen LogP contribution in [0.15, 0.2) is 35.4 Å². The van der Waals surface area contributed by atoms with Gasteiger partial charge < -0.3 is 15.3 Å². The van der Waals surface area contributed by atoms with Crippen molar-refractivity contribution in [3.8, 4) is 0 Å². The lowest BCUT2D eigenvalue weighted by Gasteiger charge is -2.23. The highest BCUT2D eigenvalue weighted by Gasteiger charge is 2.22. The number of carbonyl (C=O) groups excluding carboxylic acids is 1. The van der Waals surface area contributed by atoms with Crippen LogP contribution in [0.2, 0.25) is 0 Å². The van der Waals surface area contributed by atoms with E-state index in [2.05, 4.69) is 46.5 Å². The number of aromatic amines is 2. The van der Waals surface area contributed by atoms with E-state index >= 15 is 0 Å². The zero-order valence-corrected chi connectivity index (χ0v) is 16.4. The first-order chi connectivity index (χ1) is 12.8. The molecule has 3 heterocycles. The van der Waals surface area contributed by atoms with E-state index in [1.807, 2.05) is 18.3 Å². The third kappa shape index (κ3) is 2.94. The maximum atomic E-state index is 12.9. The van der Waals surface area contributed by atoms with Crippen molar-refractivity contribution < 1.29 is 6.22 Å². The number of fused-ring (bicyclic) bond motifs is 2. The number of amides is 1. The SMILES string of the molecule is Cc1nsc2[nH]cc(C(=O)Nc3cc4[nH]ccc4cc3C(C)(C)C)c(=O)c12.[HH]. The van der Waals surface area contributed by atoms with E-state index in [1.165, 1.54) is 17.7 Å². The average molecular weight is 382 g/mol. The van der Waals surface area contributed by atoms with Gasteiger partial charge in [0, 0.05) is 25.0 Å². The number of aryl methyl sites for hydroxylation is 1. The van der Waals surface area contributed by atoms with Gasteiger partial charge in [-0.2, -0.15) is 4.37 Å². The molecule has 0 saturated heterocycles. The minimum absolute atomic E-state index is 0. The van der Waals surface area contributed by atoms with Crippen molar-refractivity contribution in [2.45, 2.75) is 33.1 Å². The second kappa shape index (κ2) is 6.06. The van der Waals surface area contributed by atoms with Gasteiger partial charge in [0.25, 0.3) is 5.91 Å². The zero-order valence-electron chi connectivity index (χ0n) is 15.6. The Balaban J connectivity index is 0.00000225. The maximum Gasteiger partial charge on any atom is 0.261 e. The van der Waals surface area contributed by atoms with E-state index < -0.39 is 5.91 Å². The van der Waals surface area contributed by atoms with Crippen LogP contribution >= 0.6 is 11.5 Å². The van der Waals surface area contributed by atoms with Crippen molar-refractivity contribution in [1.29, 1.82) is 0 Å². The Labute approximate surface area is 161 Å². The summed E-state index contributed by atoms with van der Waals surface area (Å²) in [5.74, 6) is -0.430. The average Bonchev–Trinajstić information content (AvgIpc) is 3.20. The number of hydrogen-bond acceptors (Lipinski definition) is 4. The summed E-state index contributed by atoms with van der Waals surface area (Å²) < 4.78 is 4.19. The number of H-pyrrole nitrogens is 2. The standard InChI is InChI=1S/C20H20N4O2S.H2/c1-10-16-17(25)12(9-22-19(16)27-24-10)18(26)23-15-8-14-11(5-6-21-14)7-13(15)20(2,3)4;/h5-9,21H,1-4H3,(H,22,25)(H,23,26);1H. The number of aromatic nitrogens is 3. The van der Waals surface area contributed by atoms with Gasteiger partial charge in [0.15, 0.2) is 0 Å². The Morgan fingerprint density at radius 1 is 1.26 bits per heavy atom. The predicted molar refractivity (Wildman–Crippen MR) is 112 cm³/mol. The largest absolute Gasteiger partial charge is 0.361 e. The molecule has 3 N–H and O–H groups in total. The lowest BCUT2D eigenvalue weighted by Crippen LogP contribution is -2.24. The molecule has 0 spiro atoms. The van der Waals surface area contributed by atoms with Gasteiger partial charge in [-0.05, 0) is 53.0 Å². The molecule has 4 rings (SSSR count). The lowest BCUT2D eigenvalue weighted by molar-refractivity contribution is 0.102. The molecule has 0 aliphatic heterocycles. The molecule has 0 saturated carbocycles. The Morgan fingerprint density at radius 3 is 2.78 bits per heavy atom. The lowest BCUT2D eigenvalue weighted by atomic mass is 9.85. The number of rotatable bonds is 2. The van der Waals surface area contributed by atoms with Crippen LogP contribution in [0.4, 0.5) is 5.69 Å². The number of nitrogens with one attached hydrogen (secondary N) is 3. The van der Waals surface area contributed by atoms with Crippen molar-refractivity contribution in [3.63, 3.8) is 0 Å². The molecule has 0 atom stereocenters. The molecule has 4 aromatic rings. The molecule has 1 aromatic carbocycles. The van der Waals surface area contributed by atoms with Crippen molar-refractivity contribution >= 4 is 44.2 Å². The second-order valence-electron chi connectivity index (χ2n) is 7.67. The van der Waals surface area contributed by atoms with Crippen LogP contribution in [0.3, 0.4) is 0 Å². The Hall–Kier alpha value is -2.93. The third-order valence-electron chi connectivity index (χ3n) is 4.67. The molecular weight excluding hydrogens is 360 g/mol. The van der Waals surface area contributed by atoms with Crippen LogP contribution in [-0.2, 0) is 5.41 Å². The second-order valence-corrected chi connectivity index (χ2v) is 8.44. The number of carbonyl (C=O) groups is 1. The fourth-order valence-corrected chi connectivity index (χ4v) is 4.02. The van der Waals surface area contributed by atoms with Gasteiger partial charge in [-0.25, -0.2) is 0 Å². The highest BCUT2D eigenvalue weighted by atomic mass is 32.1. The van der Waals surface area contributed by atoms with Gasteiger partial charge in [0.1, 0.15) is 10.4 Å². The fraction of sp³-hybridized carbons (Fsp3) is 0.250. The quantitative estimate of drug-likeness (QED) is 0.474. The molecule has 1 amide bonds. The van der Waals surface area contributed by atoms with Gasteiger partial charge in [-0.3, -0.25) is 9.59 Å². The van der Waals surface area contributed by atoms with E-state index in [4.69, 9.17) is 0 Å². The van der Waals surface area contributed by atoms with Gasteiger partial charge in [-0.15, -0.1) is 0 Å². The molecule has 0 bridgehead atoms. The molecule has 0 aliphatic rings. The summed E-state index contributed by atoms with van der Waals surface area (Å²) in [6, 6.07) is 5.99. The van der Waals surface area contributed by atoms with E-state index in [9.17, 15) is 9.59 Å². The molecule has 0 aliphatic carbocycles. The first-order valence-corrected chi connectivity index (χ1v) is 9.43. The van der Waals surface area contributed by atoms with Crippen LogP contribution < -0.4 is 10.7 Å². The Kier molecular flexibility index (Phi) is 3.92. The number of benzene rings is 1. The maximum absolute atomic E-state index is 12.9. The van der Waals surface area contributed by atoms with Crippen molar-refractivity contribution in [2.75, 3.05) is 5.32 Å². The molecule has 6 nitrogen and oxygen atoms in total. The first kappa shape index (κ1) is 17.5. The Morgan fingerprint density at radius 2 is 2.04 bits per heavy atom. The number of nitrogens with zero attached hydrogens (tertiary/aromatic N) is 1. The van der Waals surface area contributed by atoms with E-state index in [-0.39, 0.29) is 17.8 Å². The van der Waals surface area contributed by atoms with Gasteiger partial charge in [0.2, 0.25) is 5.43 Å². The van der Waals surface area contributed by atoms with Crippen LogP contribution in [-0.4, -0.2) is 20.2 Å². The minimum atomic E-state index is -0.430. The molecule has 7 heteroatoms. The third-order valence-corrected chi connectivity index (χ3v) is 5.54. The van der Waals surface area contributed by atoms with Gasteiger partial charge in [0.05, 0.1) is 11.1 Å². The monoisotopic (exact) mass is 382 g/mol. The number of pyridine rings is 1. The number of hydrogen-bond donors (Lipinski definition) is 3. The highest BCUT2D eigenvalue weighted by Crippen LogP contribution is 2.33. The summed E-state index contributed by atoms with van der Waals surface area (Å²) >= 11 is 1.22. The Bertz CT molecular complexity index is 1250. The minimum Gasteiger partial charge on any atom is -0.361 e. The zero-order chi connectivity index (χ0) is 19.3. The van der Waals surface area contributed by atoms with E-state index in [0.717, 1.165) is 16.5 Å². The van der Waals surface area contributed by atoms with E-state index in [1.54, 1.807) is 6.92 Å². The summed E-state index contributed by atoms with van der Waals surface area (Å²) in [7, 11) is 0. The normalized spacial score (nSPS) is 12.0. The van der Waals surface area contributed by atoms with Crippen molar-refractivity contribution in [1.82, 2.24) is 14.3 Å². The molecule has 0 fully saturated rings. The van der Waals surface area contributed by atoms with Crippen LogP contribution in [0, 0.1) is 6.92 Å². The number of anilines is 1. The van der Waals surface area contributed by atoms with Gasteiger partial charge in [-0.1, -0.05) is 20.8 Å². The van der Waals surface area contributed by atoms with Crippen LogP contribution in [0.1, 0.15) is 43.8 Å². The van der Waals surface area contributed by atoms with E-state index in [0.29, 0.717) is 21.6 Å². The summed E-state index contributed by atoms with van der Waals surface area (Å²) in [6.07, 6.45) is 3.33. The summed E-state index contributed by atoms with van der Waals surface area (Å²) in [6.45, 7) is 8.05. The van der Waals surface area contributed by atoms with Gasteiger partial charge >= 0.3 is 0 Å². The molecule has 140 valence electrons. The molecule has 0 unspecified atom stereocenters. The highest BCUT2D eigenvalue weighted by molar-refractivity contribution is 7.12.